The second kappa shape index (κ2) is 3.47. The van der Waals surface area contributed by atoms with Crippen LogP contribution in [0.2, 0.25) is 0 Å². The van der Waals surface area contributed by atoms with Gasteiger partial charge in [0.15, 0.2) is 0 Å². The molecule has 0 saturated heterocycles. The van der Waals surface area contributed by atoms with Crippen LogP contribution in [0.25, 0.3) is 10.4 Å². The zero-order valence-corrected chi connectivity index (χ0v) is 7.05. The number of hydrogen-bond acceptors (Lipinski definition) is 2. The van der Waals surface area contributed by atoms with Crippen molar-refractivity contribution in [1.29, 1.82) is 0 Å². The highest BCUT2D eigenvalue weighted by Gasteiger charge is 2.18. The van der Waals surface area contributed by atoms with Crippen LogP contribution in [0.1, 0.15) is 17.2 Å². The molecular weight excluding hydrogens is 166 g/mol. The molecule has 66 valence electrons. The average Bonchev–Trinajstić information content (AvgIpc) is 2.19. The fourth-order valence-corrected chi connectivity index (χ4v) is 1.52. The Morgan fingerprint density at radius 3 is 3.15 bits per heavy atom. The van der Waals surface area contributed by atoms with E-state index >= 15 is 0 Å². The molecule has 0 amide bonds. The van der Waals surface area contributed by atoms with Gasteiger partial charge in [0.1, 0.15) is 0 Å². The molecule has 0 fully saturated rings. The fraction of sp³-hybridized carbons (Fsp3) is 0.333. The van der Waals surface area contributed by atoms with Crippen molar-refractivity contribution in [1.82, 2.24) is 0 Å². The van der Waals surface area contributed by atoms with E-state index in [2.05, 4.69) is 10.0 Å². The number of fused-ring (bicyclic) bond motifs is 1. The molecule has 1 aliphatic heterocycles. The van der Waals surface area contributed by atoms with E-state index in [1.807, 2.05) is 24.3 Å². The zero-order valence-electron chi connectivity index (χ0n) is 7.05. The summed E-state index contributed by atoms with van der Waals surface area (Å²) in [5.74, 6) is 0. The third-order valence-corrected chi connectivity index (χ3v) is 2.14. The predicted octanol–water partition coefficient (Wildman–Crippen LogP) is 2.57. The van der Waals surface area contributed by atoms with Crippen LogP contribution in [0, 0.1) is 0 Å². The molecule has 1 atom stereocenters. The van der Waals surface area contributed by atoms with Gasteiger partial charge in [0.25, 0.3) is 0 Å². The first-order valence-electron chi connectivity index (χ1n) is 4.11. The molecule has 0 bridgehead atoms. The lowest BCUT2D eigenvalue weighted by atomic mass is 10.00. The Morgan fingerprint density at radius 2 is 2.31 bits per heavy atom. The lowest BCUT2D eigenvalue weighted by Gasteiger charge is -2.21. The molecule has 0 radical (unpaired) electrons. The lowest BCUT2D eigenvalue weighted by molar-refractivity contribution is 0.0925. The maximum absolute atomic E-state index is 8.35. The standard InChI is InChI=1S/C9H9N3O/c10-12-11-9-6-13-5-7-3-1-2-4-8(7)9/h1-4,9H,5-6H2/t9-/m0/s1. The SMILES string of the molecule is [N-]=[N+]=N[C@H]1COCc2ccccc21. The summed E-state index contributed by atoms with van der Waals surface area (Å²) >= 11 is 0. The monoisotopic (exact) mass is 175 g/mol. The van der Waals surface area contributed by atoms with Gasteiger partial charge in [-0.05, 0) is 16.7 Å². The van der Waals surface area contributed by atoms with E-state index in [0.717, 1.165) is 11.1 Å². The van der Waals surface area contributed by atoms with Crippen LogP contribution in [0.3, 0.4) is 0 Å². The van der Waals surface area contributed by atoms with Crippen LogP contribution < -0.4 is 0 Å². The van der Waals surface area contributed by atoms with Crippen molar-refractivity contribution in [3.05, 3.63) is 45.8 Å². The molecule has 4 heteroatoms. The molecule has 0 aromatic heterocycles. The minimum Gasteiger partial charge on any atom is -0.376 e. The zero-order chi connectivity index (χ0) is 9.10. The molecule has 2 rings (SSSR count). The first kappa shape index (κ1) is 8.10. The van der Waals surface area contributed by atoms with Gasteiger partial charge in [0, 0.05) is 4.91 Å². The Hall–Kier alpha value is -1.51. The number of benzene rings is 1. The number of nitrogens with zero attached hydrogens (tertiary/aromatic N) is 3. The second-order valence-electron chi connectivity index (χ2n) is 2.93. The molecule has 1 aromatic carbocycles. The van der Waals surface area contributed by atoms with Gasteiger partial charge in [0.2, 0.25) is 0 Å². The Labute approximate surface area is 75.8 Å². The van der Waals surface area contributed by atoms with Gasteiger partial charge in [-0.1, -0.05) is 29.4 Å². The Morgan fingerprint density at radius 1 is 1.46 bits per heavy atom. The molecule has 1 aliphatic rings. The van der Waals surface area contributed by atoms with Crippen LogP contribution in [-0.4, -0.2) is 6.61 Å². The van der Waals surface area contributed by atoms with Crippen LogP contribution in [0.15, 0.2) is 29.4 Å². The van der Waals surface area contributed by atoms with Crippen LogP contribution in [0.4, 0.5) is 0 Å². The van der Waals surface area contributed by atoms with E-state index in [-0.39, 0.29) is 6.04 Å². The second-order valence-corrected chi connectivity index (χ2v) is 2.93. The molecule has 4 nitrogen and oxygen atoms in total. The minimum atomic E-state index is -0.157. The van der Waals surface area contributed by atoms with E-state index in [9.17, 15) is 0 Å². The van der Waals surface area contributed by atoms with Gasteiger partial charge in [-0.25, -0.2) is 0 Å². The summed E-state index contributed by atoms with van der Waals surface area (Å²) in [5, 5.41) is 3.68. The fourth-order valence-electron chi connectivity index (χ4n) is 1.52. The minimum absolute atomic E-state index is 0.157. The van der Waals surface area contributed by atoms with Gasteiger partial charge >= 0.3 is 0 Å². The Kier molecular flexibility index (Phi) is 2.17. The summed E-state index contributed by atoms with van der Waals surface area (Å²) < 4.78 is 5.30. The predicted molar refractivity (Wildman–Crippen MR) is 48.0 cm³/mol. The Bertz CT molecular complexity index is 358. The van der Waals surface area contributed by atoms with Crippen molar-refractivity contribution >= 4 is 0 Å². The number of rotatable bonds is 1. The molecule has 1 heterocycles. The quantitative estimate of drug-likeness (QED) is 0.367. The summed E-state index contributed by atoms with van der Waals surface area (Å²) in [5.41, 5.74) is 10.6. The van der Waals surface area contributed by atoms with Crippen molar-refractivity contribution in [2.45, 2.75) is 12.6 Å². The third-order valence-electron chi connectivity index (χ3n) is 2.14. The molecule has 0 saturated carbocycles. The maximum Gasteiger partial charge on any atom is 0.0862 e. The molecule has 1 aromatic rings. The van der Waals surface area contributed by atoms with Crippen molar-refractivity contribution in [3.63, 3.8) is 0 Å². The van der Waals surface area contributed by atoms with E-state index in [1.54, 1.807) is 0 Å². The molecule has 0 spiro atoms. The summed E-state index contributed by atoms with van der Waals surface area (Å²) in [7, 11) is 0. The van der Waals surface area contributed by atoms with Gasteiger partial charge < -0.3 is 4.74 Å². The lowest BCUT2D eigenvalue weighted by Crippen LogP contribution is -2.14. The van der Waals surface area contributed by atoms with E-state index < -0.39 is 0 Å². The van der Waals surface area contributed by atoms with Crippen LogP contribution in [-0.2, 0) is 11.3 Å². The highest BCUT2D eigenvalue weighted by molar-refractivity contribution is 5.31. The molecule has 0 N–H and O–H groups in total. The maximum atomic E-state index is 8.35. The van der Waals surface area contributed by atoms with Crippen molar-refractivity contribution in [3.8, 4) is 0 Å². The number of azide groups is 1. The topological polar surface area (TPSA) is 58.0 Å². The summed E-state index contributed by atoms with van der Waals surface area (Å²) in [6, 6.07) is 7.73. The first-order valence-corrected chi connectivity index (χ1v) is 4.11. The van der Waals surface area contributed by atoms with Crippen LogP contribution >= 0.6 is 0 Å². The van der Waals surface area contributed by atoms with Gasteiger partial charge in [-0.2, -0.15) is 0 Å². The van der Waals surface area contributed by atoms with E-state index in [4.69, 9.17) is 10.3 Å². The average molecular weight is 175 g/mol. The summed E-state index contributed by atoms with van der Waals surface area (Å²) in [6.07, 6.45) is 0. The smallest absolute Gasteiger partial charge is 0.0862 e. The first-order chi connectivity index (χ1) is 6.42. The highest BCUT2D eigenvalue weighted by atomic mass is 16.5. The normalized spacial score (nSPS) is 20.2. The molecule has 0 unspecified atom stereocenters. The van der Waals surface area contributed by atoms with E-state index in [0.29, 0.717) is 13.2 Å². The van der Waals surface area contributed by atoms with Crippen molar-refractivity contribution in [2.24, 2.45) is 5.11 Å². The largest absolute Gasteiger partial charge is 0.376 e. The van der Waals surface area contributed by atoms with Gasteiger partial charge in [0.05, 0.1) is 19.3 Å². The number of hydrogen-bond donors (Lipinski definition) is 0. The van der Waals surface area contributed by atoms with Crippen molar-refractivity contribution < 1.29 is 4.74 Å². The van der Waals surface area contributed by atoms with Crippen LogP contribution in [0.5, 0.6) is 0 Å². The number of ether oxygens (including phenoxy) is 1. The summed E-state index contributed by atoms with van der Waals surface area (Å²) in [4.78, 5) is 2.80. The Balaban J connectivity index is 2.42. The molecular formula is C9H9N3O. The van der Waals surface area contributed by atoms with Gasteiger partial charge in [-0.15, -0.1) is 0 Å². The van der Waals surface area contributed by atoms with Crippen molar-refractivity contribution in [2.75, 3.05) is 6.61 Å². The third kappa shape index (κ3) is 1.49. The van der Waals surface area contributed by atoms with E-state index in [1.165, 1.54) is 0 Å². The van der Waals surface area contributed by atoms with Gasteiger partial charge in [-0.3, -0.25) is 0 Å². The highest BCUT2D eigenvalue weighted by Crippen LogP contribution is 2.27. The molecule has 0 aliphatic carbocycles. The molecule has 13 heavy (non-hydrogen) atoms. The summed E-state index contributed by atoms with van der Waals surface area (Å²) in [6.45, 7) is 1.11.